The monoisotopic (exact) mass is 277 g/mol. The normalized spacial score (nSPS) is 12.6. The maximum Gasteiger partial charge on any atom is 0.573 e. The van der Waals surface area contributed by atoms with Gasteiger partial charge in [-0.15, -0.1) is 13.2 Å². The Morgan fingerprint density at radius 2 is 1.78 bits per heavy atom. The molecule has 18 heavy (non-hydrogen) atoms. The second-order valence-corrected chi connectivity index (χ2v) is 3.06. The minimum absolute atomic E-state index is 0.113. The first-order valence-electron chi connectivity index (χ1n) is 4.24. The molecule has 102 valence electrons. The van der Waals surface area contributed by atoms with E-state index in [1.165, 1.54) is 4.98 Å². The molecule has 0 aliphatic rings. The molecule has 1 heterocycles. The van der Waals surface area contributed by atoms with Crippen molar-refractivity contribution in [3.8, 4) is 5.75 Å². The van der Waals surface area contributed by atoms with E-state index in [0.29, 0.717) is 0 Å². The second-order valence-electron chi connectivity index (χ2n) is 3.06. The molecule has 2 N–H and O–H groups in total. The van der Waals surface area contributed by atoms with Gasteiger partial charge in [-0.25, -0.2) is 0 Å². The first kappa shape index (κ1) is 14.4. The van der Waals surface area contributed by atoms with Crippen LogP contribution in [0.25, 0.3) is 0 Å². The van der Waals surface area contributed by atoms with Crippen molar-refractivity contribution in [3.05, 3.63) is 27.7 Å². The van der Waals surface area contributed by atoms with Gasteiger partial charge in [0.05, 0.1) is 17.9 Å². The van der Waals surface area contributed by atoms with Gasteiger partial charge in [-0.3, -0.25) is 4.79 Å². The van der Waals surface area contributed by atoms with E-state index >= 15 is 0 Å². The smallest absolute Gasteiger partial charge is 0.400 e. The number of H-pyrrole nitrogens is 1. The number of alkyl halides is 6. The van der Waals surface area contributed by atoms with Crippen LogP contribution in [0.2, 0.25) is 0 Å². The number of rotatable bonds is 2. The van der Waals surface area contributed by atoms with E-state index in [9.17, 15) is 31.1 Å². The summed E-state index contributed by atoms with van der Waals surface area (Å²) in [6.07, 6.45) is -10.3. The van der Waals surface area contributed by atoms with Crippen molar-refractivity contribution in [2.24, 2.45) is 0 Å². The van der Waals surface area contributed by atoms with Crippen LogP contribution < -0.4 is 10.3 Å². The molecule has 1 aromatic rings. The molecule has 0 amide bonds. The van der Waals surface area contributed by atoms with Crippen LogP contribution in [0.5, 0.6) is 5.75 Å². The lowest BCUT2D eigenvalue weighted by molar-refractivity contribution is -0.275. The molecule has 10 heteroatoms. The SMILES string of the molecule is O=c1[nH]c(CO)c(C(F)(F)F)cc1OC(F)(F)F. The third-order valence-corrected chi connectivity index (χ3v) is 1.78. The minimum atomic E-state index is -5.30. The highest BCUT2D eigenvalue weighted by molar-refractivity contribution is 5.31. The molecule has 0 saturated carbocycles. The average molecular weight is 277 g/mol. The number of hydrogen-bond donors (Lipinski definition) is 2. The molecule has 0 aliphatic heterocycles. The highest BCUT2D eigenvalue weighted by Gasteiger charge is 2.37. The van der Waals surface area contributed by atoms with Gasteiger partial charge >= 0.3 is 12.5 Å². The lowest BCUT2D eigenvalue weighted by atomic mass is 10.2. The number of aliphatic hydroxyl groups is 1. The molecule has 0 fully saturated rings. The van der Waals surface area contributed by atoms with Gasteiger partial charge in [0, 0.05) is 6.07 Å². The van der Waals surface area contributed by atoms with E-state index in [1.807, 2.05) is 0 Å². The van der Waals surface area contributed by atoms with Gasteiger partial charge in [0.25, 0.3) is 5.56 Å². The van der Waals surface area contributed by atoms with Gasteiger partial charge in [0.15, 0.2) is 5.75 Å². The lowest BCUT2D eigenvalue weighted by Crippen LogP contribution is -2.25. The molecule has 0 radical (unpaired) electrons. The fourth-order valence-corrected chi connectivity index (χ4v) is 1.13. The molecular weight excluding hydrogens is 272 g/mol. The number of ether oxygens (including phenoxy) is 1. The molecule has 0 spiro atoms. The summed E-state index contributed by atoms with van der Waals surface area (Å²) in [5.41, 5.74) is -4.07. The number of hydrogen-bond acceptors (Lipinski definition) is 3. The van der Waals surface area contributed by atoms with Crippen LogP contribution in [-0.4, -0.2) is 16.5 Å². The van der Waals surface area contributed by atoms with Crippen molar-refractivity contribution >= 4 is 0 Å². The standard InChI is InChI=1S/C8H5F6NO3/c9-7(10,11)3-1-5(18-8(12,13)14)6(17)15-4(3)2-16/h1,16H,2H2,(H,15,17). The molecular formula is C8H5F6NO3. The first-order chi connectivity index (χ1) is 8.04. The summed E-state index contributed by atoms with van der Waals surface area (Å²) in [5, 5.41) is 8.60. The van der Waals surface area contributed by atoms with Crippen molar-refractivity contribution in [1.29, 1.82) is 0 Å². The lowest BCUT2D eigenvalue weighted by Gasteiger charge is -2.14. The summed E-state index contributed by atoms with van der Waals surface area (Å²) in [5.74, 6) is -1.55. The molecule has 0 saturated heterocycles. The number of halogens is 6. The van der Waals surface area contributed by atoms with Gasteiger partial charge in [-0.05, 0) is 0 Å². The van der Waals surface area contributed by atoms with E-state index in [2.05, 4.69) is 4.74 Å². The van der Waals surface area contributed by atoms with E-state index in [0.717, 1.165) is 0 Å². The Hall–Kier alpha value is -1.71. The Morgan fingerprint density at radius 1 is 1.22 bits per heavy atom. The predicted molar refractivity (Wildman–Crippen MR) is 44.7 cm³/mol. The zero-order valence-corrected chi connectivity index (χ0v) is 8.32. The van der Waals surface area contributed by atoms with Crippen molar-refractivity contribution in [3.63, 3.8) is 0 Å². The van der Waals surface area contributed by atoms with E-state index in [4.69, 9.17) is 5.11 Å². The number of pyridine rings is 1. The van der Waals surface area contributed by atoms with Crippen LogP contribution in [0.3, 0.4) is 0 Å². The number of aliphatic hydroxyl groups excluding tert-OH is 1. The van der Waals surface area contributed by atoms with Crippen LogP contribution in [0.1, 0.15) is 11.3 Å². The van der Waals surface area contributed by atoms with Gasteiger partial charge in [0.1, 0.15) is 0 Å². The summed E-state index contributed by atoms with van der Waals surface area (Å²) >= 11 is 0. The van der Waals surface area contributed by atoms with Crippen molar-refractivity contribution in [1.82, 2.24) is 4.98 Å². The van der Waals surface area contributed by atoms with E-state index in [-0.39, 0.29) is 6.07 Å². The Labute approximate surface area is 94.8 Å². The molecule has 0 atom stereocenters. The Bertz CT molecular complexity index is 489. The fraction of sp³-hybridized carbons (Fsp3) is 0.375. The largest absolute Gasteiger partial charge is 0.573 e. The third-order valence-electron chi connectivity index (χ3n) is 1.78. The van der Waals surface area contributed by atoms with Crippen molar-refractivity contribution in [2.45, 2.75) is 19.1 Å². The van der Waals surface area contributed by atoms with Crippen molar-refractivity contribution in [2.75, 3.05) is 0 Å². The maximum atomic E-state index is 12.4. The Morgan fingerprint density at radius 3 is 2.17 bits per heavy atom. The van der Waals surface area contributed by atoms with Gasteiger partial charge < -0.3 is 14.8 Å². The molecule has 1 aromatic heterocycles. The summed E-state index contributed by atoms with van der Waals surface area (Å²) in [4.78, 5) is 12.5. The predicted octanol–water partition coefficient (Wildman–Crippen LogP) is 1.78. The van der Waals surface area contributed by atoms with Crippen LogP contribution in [0, 0.1) is 0 Å². The van der Waals surface area contributed by atoms with Gasteiger partial charge in [0.2, 0.25) is 0 Å². The molecule has 0 unspecified atom stereocenters. The second kappa shape index (κ2) is 4.52. The zero-order valence-electron chi connectivity index (χ0n) is 8.32. The number of aromatic amines is 1. The highest BCUT2D eigenvalue weighted by atomic mass is 19.4. The Balaban J connectivity index is 3.36. The minimum Gasteiger partial charge on any atom is -0.400 e. The highest BCUT2D eigenvalue weighted by Crippen LogP contribution is 2.33. The molecule has 1 rings (SSSR count). The van der Waals surface area contributed by atoms with Gasteiger partial charge in [-0.1, -0.05) is 0 Å². The molecule has 0 aromatic carbocycles. The Kier molecular flexibility index (Phi) is 3.60. The quantitative estimate of drug-likeness (QED) is 0.810. The van der Waals surface area contributed by atoms with Crippen molar-refractivity contribution < 1.29 is 36.2 Å². The number of nitrogens with one attached hydrogen (secondary N) is 1. The van der Waals surface area contributed by atoms with Gasteiger partial charge in [-0.2, -0.15) is 13.2 Å². The number of aromatic nitrogens is 1. The van der Waals surface area contributed by atoms with Crippen LogP contribution >= 0.6 is 0 Å². The summed E-state index contributed by atoms with van der Waals surface area (Å²) in [7, 11) is 0. The molecule has 0 bridgehead atoms. The molecule has 0 aliphatic carbocycles. The fourth-order valence-electron chi connectivity index (χ4n) is 1.13. The third kappa shape index (κ3) is 3.39. The van der Waals surface area contributed by atoms with Crippen LogP contribution in [0.4, 0.5) is 26.3 Å². The topological polar surface area (TPSA) is 62.3 Å². The van der Waals surface area contributed by atoms with E-state index in [1.54, 1.807) is 0 Å². The van der Waals surface area contributed by atoms with E-state index < -0.39 is 41.7 Å². The summed E-state index contributed by atoms with van der Waals surface area (Å²) in [6.45, 7) is -1.18. The first-order valence-corrected chi connectivity index (χ1v) is 4.24. The zero-order chi connectivity index (χ0) is 14.1. The summed E-state index contributed by atoms with van der Waals surface area (Å²) < 4.78 is 75.9. The van der Waals surface area contributed by atoms with Crippen LogP contribution in [0.15, 0.2) is 10.9 Å². The van der Waals surface area contributed by atoms with Crippen LogP contribution in [-0.2, 0) is 12.8 Å². The maximum absolute atomic E-state index is 12.4. The summed E-state index contributed by atoms with van der Waals surface area (Å²) in [6, 6.07) is -0.113. The average Bonchev–Trinajstić information content (AvgIpc) is 2.16. The molecule has 4 nitrogen and oxygen atoms in total.